The third-order valence-electron chi connectivity index (χ3n) is 8.32. The van der Waals surface area contributed by atoms with Gasteiger partial charge in [-0.3, -0.25) is 0 Å². The molecule has 4 aliphatic carbocycles. The van der Waals surface area contributed by atoms with Crippen molar-refractivity contribution in [2.75, 3.05) is 0 Å². The zero-order valence-electron chi connectivity index (χ0n) is 16.5. The number of allylic oxidation sites excluding steroid dienone is 4. The molecule has 6 heteroatoms. The molecule has 0 saturated heterocycles. The number of aliphatic hydroxyl groups is 2. The molecule has 0 amide bonds. The predicted molar refractivity (Wildman–Crippen MR) is 104 cm³/mol. The summed E-state index contributed by atoms with van der Waals surface area (Å²) in [6.07, 6.45) is 4.58. The third-order valence-corrected chi connectivity index (χ3v) is 9.71. The number of carbonyl (C=O) groups is 2. The van der Waals surface area contributed by atoms with Crippen molar-refractivity contribution in [1.29, 1.82) is 0 Å². The second kappa shape index (κ2) is 5.98. The van der Waals surface area contributed by atoms with E-state index >= 15 is 4.39 Å². The van der Waals surface area contributed by atoms with Gasteiger partial charge in [0.1, 0.15) is 0 Å². The topological polar surface area (TPSA) is 74.6 Å². The van der Waals surface area contributed by atoms with Crippen molar-refractivity contribution in [3.8, 4) is 0 Å². The maximum absolute atomic E-state index is 16.9. The molecule has 0 heterocycles. The van der Waals surface area contributed by atoms with Crippen LogP contribution in [-0.4, -0.2) is 53.0 Å². The van der Waals surface area contributed by atoms with Gasteiger partial charge in [0.2, 0.25) is 0 Å². The Morgan fingerprint density at radius 1 is 1.36 bits per heavy atom. The number of fused-ring (bicyclic) bond motifs is 5. The van der Waals surface area contributed by atoms with Gasteiger partial charge in [-0.2, -0.15) is 0 Å². The molecule has 0 aromatic rings. The molecule has 0 unspecified atom stereocenters. The normalized spacial score (nSPS) is 49.9. The average molecular weight is 453 g/mol. The molecule has 0 radical (unpaired) electrons. The van der Waals surface area contributed by atoms with E-state index in [2.05, 4.69) is 6.58 Å². The Hall–Kier alpha value is -1.07. The Bertz CT molecular complexity index is 849. The van der Waals surface area contributed by atoms with E-state index in [4.69, 9.17) is 0 Å². The van der Waals surface area contributed by atoms with Crippen molar-refractivity contribution in [3.63, 3.8) is 0 Å². The number of alkyl halides is 1. The molecule has 152 valence electrons. The molecule has 28 heavy (non-hydrogen) atoms. The summed E-state index contributed by atoms with van der Waals surface area (Å²) in [6, 6.07) is 0. The molecule has 0 aromatic carbocycles. The van der Waals surface area contributed by atoms with Crippen molar-refractivity contribution >= 4 is 25.4 Å². The first-order valence-electron chi connectivity index (χ1n) is 9.77. The minimum absolute atomic E-state index is 0.00728. The summed E-state index contributed by atoms with van der Waals surface area (Å²) in [5.74, 6) is 0.806. The first-order valence-corrected chi connectivity index (χ1v) is 12.3. The number of rotatable bonds is 2. The van der Waals surface area contributed by atoms with Gasteiger partial charge in [-0.15, -0.1) is 0 Å². The van der Waals surface area contributed by atoms with Gasteiger partial charge in [0.15, 0.2) is 0 Å². The summed E-state index contributed by atoms with van der Waals surface area (Å²) in [5, 5.41) is 22.6. The van der Waals surface area contributed by atoms with E-state index in [1.807, 2.05) is 6.92 Å². The van der Waals surface area contributed by atoms with Gasteiger partial charge in [-0.05, 0) is 0 Å². The van der Waals surface area contributed by atoms with Gasteiger partial charge in [-0.25, -0.2) is 0 Å². The van der Waals surface area contributed by atoms with Crippen molar-refractivity contribution in [3.05, 3.63) is 36.0 Å². The van der Waals surface area contributed by atoms with Crippen LogP contribution in [0.1, 0.15) is 39.5 Å². The molecule has 0 bridgehead atoms. The molecule has 2 N–H and O–H groups in total. The molecule has 0 aromatic heterocycles. The zero-order chi connectivity index (χ0) is 20.7. The van der Waals surface area contributed by atoms with Crippen LogP contribution < -0.4 is 0 Å². The number of carbonyl (C=O) groups excluding carboxylic acids is 2. The van der Waals surface area contributed by atoms with E-state index in [-0.39, 0.29) is 22.8 Å². The first kappa shape index (κ1) is 20.2. The summed E-state index contributed by atoms with van der Waals surface area (Å²) in [6.45, 7) is 7.58. The summed E-state index contributed by atoms with van der Waals surface area (Å²) in [7, 11) is 0. The van der Waals surface area contributed by atoms with E-state index in [1.165, 1.54) is 12.2 Å². The van der Waals surface area contributed by atoms with E-state index < -0.39 is 49.1 Å². The van der Waals surface area contributed by atoms with E-state index in [0.29, 0.717) is 24.8 Å². The Labute approximate surface area is 171 Å². The molecule has 0 spiro atoms. The summed E-state index contributed by atoms with van der Waals surface area (Å²) >= 11 is -0.425. The Kier molecular flexibility index (Phi) is 4.31. The SMILES string of the molecule is C=C1C[C@H]2[C@@H]3CCC4=CC(=O)C=C[C@]4(C)[C@@]3(F)[C@@H](O)C[C@]2(C)[C@@]1(O)C(=O)[Se]C. The second-order valence-corrected chi connectivity index (χ2v) is 10.9. The number of aliphatic hydroxyl groups excluding tert-OH is 1. The number of halogens is 1. The van der Waals surface area contributed by atoms with Crippen molar-refractivity contribution < 1.29 is 24.2 Å². The van der Waals surface area contributed by atoms with Crippen molar-refractivity contribution in [1.82, 2.24) is 0 Å². The van der Waals surface area contributed by atoms with Crippen LogP contribution in [0.2, 0.25) is 5.82 Å². The van der Waals surface area contributed by atoms with Crippen molar-refractivity contribution in [2.45, 2.75) is 62.7 Å². The molecule has 4 rings (SSSR count). The van der Waals surface area contributed by atoms with Gasteiger partial charge in [-0.1, -0.05) is 0 Å². The monoisotopic (exact) mass is 454 g/mol. The molecule has 7 atom stereocenters. The second-order valence-electron chi connectivity index (χ2n) is 9.27. The fraction of sp³-hybridized carbons (Fsp3) is 0.636. The summed E-state index contributed by atoms with van der Waals surface area (Å²) < 4.78 is 16.6. The first-order chi connectivity index (χ1) is 13.0. The van der Waals surface area contributed by atoms with E-state index in [9.17, 15) is 19.8 Å². The number of hydrogen-bond donors (Lipinski definition) is 2. The fourth-order valence-electron chi connectivity index (χ4n) is 6.70. The summed E-state index contributed by atoms with van der Waals surface area (Å²) in [5.41, 5.74) is -4.49. The van der Waals surface area contributed by atoms with E-state index in [0.717, 1.165) is 5.57 Å². The van der Waals surface area contributed by atoms with Gasteiger partial charge in [0.25, 0.3) is 0 Å². The molecule has 4 nitrogen and oxygen atoms in total. The van der Waals surface area contributed by atoms with Crippen LogP contribution in [0.4, 0.5) is 4.39 Å². The maximum atomic E-state index is 16.9. The molecule has 0 aliphatic heterocycles. The number of ketones is 1. The van der Waals surface area contributed by atoms with Crippen LogP contribution in [0.3, 0.4) is 0 Å². The average Bonchev–Trinajstić information content (AvgIpc) is 2.84. The quantitative estimate of drug-likeness (QED) is 0.498. The van der Waals surface area contributed by atoms with Crippen molar-refractivity contribution in [2.24, 2.45) is 22.7 Å². The van der Waals surface area contributed by atoms with Crippen LogP contribution in [0.25, 0.3) is 0 Å². The molecule has 3 saturated carbocycles. The van der Waals surface area contributed by atoms with E-state index in [1.54, 1.807) is 18.8 Å². The van der Waals surface area contributed by atoms with Crippen LogP contribution in [0.15, 0.2) is 36.0 Å². The molecular formula is C22H27FO4Se. The zero-order valence-corrected chi connectivity index (χ0v) is 18.2. The van der Waals surface area contributed by atoms with Gasteiger partial charge < -0.3 is 0 Å². The van der Waals surface area contributed by atoms with Crippen LogP contribution in [0, 0.1) is 22.7 Å². The standard InChI is InChI=1S/C22H27FO4Se/c1-12-9-16-15-6-5-13-10-14(24)7-8-19(13,2)21(15,23)17(25)11-20(16,3)22(12,27)18(26)28-4/h7-8,10,15-17,25,27H,1,5-6,9,11H2,2-4H3/t15-,16-,17-,19-,20-,21-,22-/m0/s1. The Morgan fingerprint density at radius 3 is 2.68 bits per heavy atom. The third kappa shape index (κ3) is 2.08. The molecule has 3 fully saturated rings. The fourth-order valence-corrected chi connectivity index (χ4v) is 8.11. The minimum atomic E-state index is -1.95. The Morgan fingerprint density at radius 2 is 2.04 bits per heavy atom. The van der Waals surface area contributed by atoms with Crippen LogP contribution in [0.5, 0.6) is 0 Å². The Balaban J connectivity index is 1.85. The van der Waals surface area contributed by atoms with Crippen LogP contribution >= 0.6 is 0 Å². The molecular weight excluding hydrogens is 426 g/mol. The van der Waals surface area contributed by atoms with Crippen LogP contribution in [-0.2, 0) is 9.59 Å². The molecule has 4 aliphatic rings. The number of hydrogen-bond acceptors (Lipinski definition) is 4. The summed E-state index contributed by atoms with van der Waals surface area (Å²) in [4.78, 5) is 24.6. The predicted octanol–water partition coefficient (Wildman–Crippen LogP) is 2.53. The van der Waals surface area contributed by atoms with Gasteiger partial charge in [0.05, 0.1) is 0 Å². The van der Waals surface area contributed by atoms with Gasteiger partial charge in [0, 0.05) is 0 Å². The van der Waals surface area contributed by atoms with Gasteiger partial charge >= 0.3 is 171 Å².